The van der Waals surface area contributed by atoms with Crippen molar-refractivity contribution in [2.24, 2.45) is 0 Å². The highest BCUT2D eigenvalue weighted by atomic mass is 127. The summed E-state index contributed by atoms with van der Waals surface area (Å²) < 4.78 is 75.5. The number of nitrogens with zero attached hydrogens (tertiary/aromatic N) is 5. The molecule has 7 N–H and O–H groups in total. The van der Waals surface area contributed by atoms with E-state index in [1.807, 2.05) is 22.6 Å². The van der Waals surface area contributed by atoms with Crippen molar-refractivity contribution in [2.75, 3.05) is 13.2 Å². The molecule has 5 aromatic rings. The van der Waals surface area contributed by atoms with Crippen LogP contribution in [-0.4, -0.2) is 129 Å². The van der Waals surface area contributed by atoms with E-state index in [1.54, 1.807) is 18.3 Å². The van der Waals surface area contributed by atoms with Crippen LogP contribution >= 0.6 is 38.5 Å². The lowest BCUT2D eigenvalue weighted by molar-refractivity contribution is -0.386. The predicted octanol–water partition coefficient (Wildman–Crippen LogP) is 4.99. The number of nitro groups is 2. The molecule has 0 spiro atoms. The Balaban J connectivity index is 0.000000225. The summed E-state index contributed by atoms with van der Waals surface area (Å²) in [7, 11) is -1.93. The maximum atomic E-state index is 12.2. The molecule has 3 aliphatic rings. The normalized spacial score (nSPS) is 21.4. The summed E-state index contributed by atoms with van der Waals surface area (Å²) in [6, 6.07) is 8.53. The molecule has 3 unspecified atom stereocenters. The van der Waals surface area contributed by atoms with Gasteiger partial charge in [0.25, 0.3) is 28.1 Å². The number of benzene rings is 2. The molecule has 29 nitrogen and oxygen atoms in total. The number of ether oxygens (including phenoxy) is 5. The number of aliphatic hydroxyl groups is 4. The molecule has 92 heavy (non-hydrogen) atoms. The summed E-state index contributed by atoms with van der Waals surface area (Å²) >= 11 is 5.25. The van der Waals surface area contributed by atoms with Crippen molar-refractivity contribution in [2.45, 2.75) is 178 Å². The van der Waals surface area contributed by atoms with Crippen molar-refractivity contribution >= 4 is 64.0 Å². The molecule has 0 aliphatic carbocycles. The number of aromatic nitrogens is 6. The van der Waals surface area contributed by atoms with E-state index in [0.29, 0.717) is 26.4 Å². The minimum absolute atomic E-state index is 0.00243. The molecular weight excluding hydrogens is 1420 g/mol. The monoisotopic (exact) mass is 1490 g/mol. The largest absolute Gasteiger partial charge is 0.450 e. The highest BCUT2D eigenvalue weighted by molar-refractivity contribution is 14.1. The number of aromatic amines is 3. The fourth-order valence-corrected chi connectivity index (χ4v) is 11.6. The van der Waals surface area contributed by atoms with Crippen LogP contribution in [0.15, 0.2) is 83.8 Å². The minimum atomic E-state index is -4.94. The lowest BCUT2D eigenvalue weighted by Crippen LogP contribution is -2.45. The summed E-state index contributed by atoms with van der Waals surface area (Å²) in [4.78, 5) is 111. The second-order valence-corrected chi connectivity index (χ2v) is 29.4. The smallest absolute Gasteiger partial charge is 0.411 e. The van der Waals surface area contributed by atoms with Gasteiger partial charge in [0.05, 0.1) is 96.2 Å². The van der Waals surface area contributed by atoms with E-state index >= 15 is 0 Å². The number of H-pyrrole nitrogens is 3. The number of ketones is 1. The van der Waals surface area contributed by atoms with E-state index in [2.05, 4.69) is 83.5 Å². The first kappa shape index (κ1) is 74.4. The molecule has 2 aromatic carbocycles. The van der Waals surface area contributed by atoms with Gasteiger partial charge in [-0.25, -0.2) is 14.4 Å². The molecular formula is C57H69BrF3IN8O21Si. The van der Waals surface area contributed by atoms with Gasteiger partial charge in [0.2, 0.25) is 5.78 Å². The molecule has 35 heteroatoms. The molecule has 3 aliphatic heterocycles. The number of rotatable bonds is 21. The summed E-state index contributed by atoms with van der Waals surface area (Å²) in [5.41, 5.74) is -2.98. The van der Waals surface area contributed by atoms with E-state index in [4.69, 9.17) is 28.1 Å². The second kappa shape index (κ2) is 32.4. The van der Waals surface area contributed by atoms with Gasteiger partial charge in [0.1, 0.15) is 30.9 Å². The number of halogens is 5. The van der Waals surface area contributed by atoms with Gasteiger partial charge < -0.3 is 48.5 Å². The standard InChI is InChI=1S/C23H22F3N3O9.C17H29BrN2O4Si.C17H18IN3O8/c24-23(25,26)19(32)4-2-1-3-13-5-6-14(16(7-13)29(35)36)11-37-12-15-9-28(22(34)27-21(15)33)20-8-17(31)18(10-30)38-20;1-7-12-13(24-25(5,6)17(2,3)4)8-14(23-12)20-10-11(9-18)15(21)19-16(20)22;18-11-2-1-9(12(3-11)21(26)27)7-28-8-10-5-20(17(25)19-16(10)24)15-4-13(23)14(6-22)29-15/h5-7,9,17-18,20,30-31H,2,4,8,10-12H2,(H,27,33,34);10,12-14H,7-9H2,1-6H3,(H,19,21,22);1-3,5,13-15,22-23H,4,6-8H2,(H,19,24,25)/t17?,18-,20-;12-,13?,14-;13?,14-,15-/m111/s1. The van der Waals surface area contributed by atoms with Crippen molar-refractivity contribution in [3.05, 3.63) is 175 Å². The van der Waals surface area contributed by atoms with Gasteiger partial charge in [-0.2, -0.15) is 13.2 Å². The third-order valence-electron chi connectivity index (χ3n) is 15.4. The van der Waals surface area contributed by atoms with Crippen molar-refractivity contribution in [1.29, 1.82) is 0 Å². The number of carbonyl (C=O) groups excluding carboxylic acids is 1. The number of Topliss-reactive ketones (excluding diaryl/α,β-unsaturated/α-hetero) is 1. The van der Waals surface area contributed by atoms with Gasteiger partial charge >= 0.3 is 23.2 Å². The summed E-state index contributed by atoms with van der Waals surface area (Å²) in [6.07, 6.45) is -6.58. The second-order valence-electron chi connectivity index (χ2n) is 22.9. The van der Waals surface area contributed by atoms with E-state index in [-0.39, 0.29) is 102 Å². The number of hydrogen-bond acceptors (Lipinski definition) is 21. The number of nitro benzene ring substituents is 2. The third kappa shape index (κ3) is 19.5. The van der Waals surface area contributed by atoms with Gasteiger partial charge in [0.15, 0.2) is 8.32 Å². The molecule has 0 radical (unpaired) electrons. The Morgan fingerprint density at radius 1 is 0.707 bits per heavy atom. The van der Waals surface area contributed by atoms with Crippen LogP contribution in [0, 0.1) is 35.6 Å². The van der Waals surface area contributed by atoms with Gasteiger partial charge in [-0.1, -0.05) is 55.5 Å². The Kier molecular flexibility index (Phi) is 26.2. The average Bonchev–Trinajstić information content (AvgIpc) is 1.63. The minimum Gasteiger partial charge on any atom is -0.411 e. The van der Waals surface area contributed by atoms with Gasteiger partial charge in [-0.05, 0) is 71.4 Å². The molecule has 502 valence electrons. The van der Waals surface area contributed by atoms with Crippen molar-refractivity contribution in [1.82, 2.24) is 28.7 Å². The van der Waals surface area contributed by atoms with Crippen LogP contribution < -0.4 is 33.7 Å². The van der Waals surface area contributed by atoms with Crippen LogP contribution in [0.4, 0.5) is 24.5 Å². The number of hydrogen-bond donors (Lipinski definition) is 7. The van der Waals surface area contributed by atoms with Crippen LogP contribution in [0.25, 0.3) is 0 Å². The molecule has 3 aromatic heterocycles. The highest BCUT2D eigenvalue weighted by Crippen LogP contribution is 2.42. The Labute approximate surface area is 543 Å². The SMILES string of the molecule is CC[C@H]1O[C@@H](n2cc(CBr)c(=O)[nH]c2=O)CC1O[Si](C)(C)C(C)(C)C.O=C(CCC#Cc1ccc(COCc2cn([C@H]3CC(O)[C@@H](CO)O3)c(=O)[nH]c2=O)c([N+](=O)[O-])c1)C(F)(F)F.O=c1[nH]c(=O)n([C@H]2CC(O)[C@@H](CO)O2)cc1COCc1ccc(I)cc1[N+](=O)[O-]. The van der Waals surface area contributed by atoms with Crippen molar-refractivity contribution in [3.8, 4) is 11.8 Å². The van der Waals surface area contributed by atoms with Crippen LogP contribution in [-0.2, 0) is 64.7 Å². The van der Waals surface area contributed by atoms with Crippen LogP contribution in [0.2, 0.25) is 18.1 Å². The first-order valence-corrected chi connectivity index (χ1v) is 33.6. The first-order chi connectivity index (χ1) is 43.2. The summed E-state index contributed by atoms with van der Waals surface area (Å²) in [6.45, 7) is 11.3. The molecule has 6 heterocycles. The van der Waals surface area contributed by atoms with Gasteiger partial charge in [-0.15, -0.1) is 0 Å². The number of aliphatic hydroxyl groups excluding tert-OH is 4. The zero-order chi connectivity index (χ0) is 68.2. The topological polar surface area (TPSA) is 404 Å². The number of alkyl halides is 4. The predicted molar refractivity (Wildman–Crippen MR) is 334 cm³/mol. The lowest BCUT2D eigenvalue weighted by Gasteiger charge is -2.39. The number of nitrogens with one attached hydrogen (secondary N) is 3. The van der Waals surface area contributed by atoms with E-state index in [0.717, 1.165) is 21.6 Å². The maximum Gasteiger partial charge on any atom is 0.450 e. The molecule has 8 rings (SSSR count). The zero-order valence-electron chi connectivity index (χ0n) is 50.4. The fourth-order valence-electron chi connectivity index (χ4n) is 9.32. The van der Waals surface area contributed by atoms with E-state index in [1.165, 1.54) is 35.2 Å². The Morgan fingerprint density at radius 2 is 1.13 bits per heavy atom. The number of carbonyl (C=O) groups is 1. The summed E-state index contributed by atoms with van der Waals surface area (Å²) in [5.74, 6) is 2.93. The first-order valence-electron chi connectivity index (χ1n) is 28.5. The van der Waals surface area contributed by atoms with Crippen molar-refractivity contribution < 1.29 is 76.3 Å². The third-order valence-corrected chi connectivity index (χ3v) is 21.2. The highest BCUT2D eigenvalue weighted by Gasteiger charge is 2.45. The molecule has 0 amide bonds. The fraction of sp³-hybridized carbons (Fsp3) is 0.526. The molecule has 3 fully saturated rings. The van der Waals surface area contributed by atoms with Crippen LogP contribution in [0.3, 0.4) is 0 Å². The van der Waals surface area contributed by atoms with Crippen LogP contribution in [0.5, 0.6) is 0 Å². The van der Waals surface area contributed by atoms with E-state index in [9.17, 15) is 87.4 Å². The zero-order valence-corrected chi connectivity index (χ0v) is 55.2. The molecule has 0 bridgehead atoms. The average molecular weight is 1490 g/mol. The summed E-state index contributed by atoms with van der Waals surface area (Å²) in [5, 5.41) is 61.3. The Bertz CT molecular complexity index is 3900. The van der Waals surface area contributed by atoms with E-state index < -0.39 is 121 Å². The van der Waals surface area contributed by atoms with Gasteiger partial charge in [-0.3, -0.25) is 68.1 Å². The van der Waals surface area contributed by atoms with Crippen LogP contribution in [0.1, 0.15) is 118 Å². The Morgan fingerprint density at radius 3 is 1.55 bits per heavy atom. The quantitative estimate of drug-likeness (QED) is 0.0127. The molecule has 3 saturated heterocycles. The van der Waals surface area contributed by atoms with Gasteiger partial charge in [0, 0.05) is 82.9 Å². The van der Waals surface area contributed by atoms with Crippen molar-refractivity contribution in [3.63, 3.8) is 0 Å². The molecule has 9 atom stereocenters. The Hall–Kier alpha value is -6.67. The lowest BCUT2D eigenvalue weighted by atomic mass is 10.1. The molecule has 0 saturated carbocycles. The maximum absolute atomic E-state index is 12.2.